The molecule has 10 aliphatic heterocycles. The van der Waals surface area contributed by atoms with Crippen molar-refractivity contribution in [1.29, 1.82) is 0 Å². The molecule has 10 saturated heterocycles. The molecule has 25 nitrogen and oxygen atoms in total. The SMILES string of the molecule is C.CC[C@]12O[CH-][C@H](O[C@@H]1COC)[C@@H]2O.COC[C@@H]1O[C@H]2[CH-]O[C@]1(CO[Si](c1ccccc1)(c1ccccc1)C(C)(C)C)[C@H]2O.COC[C@H]1O[C@H]2[CH-]O[C@]1(CO)[C@H]2O.COC[C@H]1O[C@H]2[CH-]O[C@]1(CO[Si](c1ccccc1)(c1ccccc1)C(C)(C)C)[C@H]2O.[C-]#[N+]CCOP(C)O[C@H]1[C@@H]2[CH-]O[C@@]1(CC)[C@@H](COC)O2.[U].[U].[U].[U].[U]. The first-order chi connectivity index (χ1) is 50.9. The van der Waals surface area contributed by atoms with E-state index in [1.807, 2.05) is 37.9 Å². The number of nitrogens with zero attached hydrogens (tertiary/aromatic N) is 1. The number of rotatable bonds is 28. The number of hydrogen-bond acceptors (Lipinski definition) is 24. The maximum absolute atomic E-state index is 10.9. The Labute approximate surface area is 785 Å². The Bertz CT molecular complexity index is 3140. The predicted octanol–water partition coefficient (Wildman–Crippen LogP) is 5.96. The average Bonchev–Trinajstić information content (AvgIpc) is 1.04. The fourth-order valence-electron chi connectivity index (χ4n) is 16.3. The summed E-state index contributed by atoms with van der Waals surface area (Å²) in [5, 5.41) is 55.0. The second kappa shape index (κ2) is 47.0. The number of benzene rings is 4. The number of ether oxygens (including phenoxy) is 15. The summed E-state index contributed by atoms with van der Waals surface area (Å²) in [4.78, 5) is 3.26. The minimum absolute atomic E-state index is 0. The van der Waals surface area contributed by atoms with E-state index >= 15 is 0 Å². The molecule has 618 valence electrons. The largest absolute Gasteiger partial charge is 0.541 e. The van der Waals surface area contributed by atoms with Crippen molar-refractivity contribution in [2.24, 2.45) is 0 Å². The standard InChI is InChI=1S/2C24H31O5Si.C13H21NO5P.C9H15O4.C8H13O5.CH4.5U/c2*1-23(2,3)30(18-11-7-5-8-12-18,19-13-9-6-10-14-19)28-17-24-21(16-26-4)29-20(15-27-24)22(24)25;1-5-13-11(9-15-3)18-10(8-16-13)12(13)19-20(4)17-7-6-14-2;1-3-9-7(5-11-2)13-6(4-12-9)8(9)10;1-11-3-6-8(4-9)7(10)5(13-6)2-12-8;;;;;;/h2*5-15,20-22,25H,16-17H2,1-4H3;8,10-12H,5-7,9H2,1,3-4H3;4,6-8,10H,3,5H2,1-2H3;2,5-7,9-10H,3-4H2,1H3;1H4;;;;;/q5*-1;;;;;;/t20-,21+,22-,24-;20-,21-,22-,24-;10-,11+,12-,13-,20?;6-,7+,8-,9-;5-,6+,7-,8-;;;;;;/m00000....../s1. The molecule has 0 radical (unpaired) electrons. The van der Waals surface area contributed by atoms with Gasteiger partial charge in [-0.2, -0.15) is 33.0 Å². The Balaban J connectivity index is 0.000000303. The molecule has 10 heterocycles. The van der Waals surface area contributed by atoms with Crippen LogP contribution in [-0.2, 0) is 89.0 Å². The van der Waals surface area contributed by atoms with E-state index in [9.17, 15) is 25.5 Å². The third-order valence-corrected chi connectivity index (χ3v) is 33.0. The van der Waals surface area contributed by atoms with Crippen LogP contribution in [0.15, 0.2) is 121 Å². The van der Waals surface area contributed by atoms with Crippen LogP contribution in [0.3, 0.4) is 0 Å². The Kier molecular flexibility index (Phi) is 44.5. The number of aliphatic hydroxyl groups is 5. The van der Waals surface area contributed by atoms with Gasteiger partial charge >= 0.3 is 0 Å². The van der Waals surface area contributed by atoms with Crippen LogP contribution >= 0.6 is 8.38 Å². The Morgan fingerprint density at radius 2 is 0.705 bits per heavy atom. The van der Waals surface area contributed by atoms with E-state index in [2.05, 4.69) is 150 Å². The predicted molar refractivity (Wildman–Crippen MR) is 404 cm³/mol. The van der Waals surface area contributed by atoms with Crippen molar-refractivity contribution < 1.29 is 270 Å². The molecule has 0 amide bonds. The van der Waals surface area contributed by atoms with Crippen LogP contribution in [-0.4, -0.2) is 270 Å². The summed E-state index contributed by atoms with van der Waals surface area (Å²) in [6, 6.07) is 41.8. The number of fused-ring (bicyclic) bond motifs is 10. The monoisotopic (exact) mass is 2740 g/mol. The van der Waals surface area contributed by atoms with Crippen LogP contribution in [0.5, 0.6) is 0 Å². The van der Waals surface area contributed by atoms with E-state index in [1.165, 1.54) is 34.5 Å². The van der Waals surface area contributed by atoms with Gasteiger partial charge in [-0.3, -0.25) is 0 Å². The van der Waals surface area contributed by atoms with Gasteiger partial charge in [0.1, 0.15) is 53.9 Å². The molecule has 1 unspecified atom stereocenters. The first-order valence-electron chi connectivity index (χ1n) is 36.3. The first-order valence-corrected chi connectivity index (χ1v) is 41.8. The summed E-state index contributed by atoms with van der Waals surface area (Å²) in [5.74, 6) is 0. The Hall–Kier alpha value is 1.53. The van der Waals surface area contributed by atoms with Gasteiger partial charge in [-0.25, -0.2) is 6.57 Å². The Morgan fingerprint density at radius 3 is 0.991 bits per heavy atom. The van der Waals surface area contributed by atoms with Crippen molar-refractivity contribution in [2.45, 2.75) is 205 Å². The minimum atomic E-state index is -2.75. The van der Waals surface area contributed by atoms with Crippen LogP contribution in [0.2, 0.25) is 10.1 Å². The van der Waals surface area contributed by atoms with Crippen LogP contribution in [0.1, 0.15) is 75.7 Å². The molecule has 10 aliphatic rings. The molecule has 10 fully saturated rings. The topological polar surface area (TPSA) is 281 Å². The van der Waals surface area contributed by atoms with Crippen molar-refractivity contribution in [3.63, 3.8) is 0 Å². The van der Waals surface area contributed by atoms with Crippen molar-refractivity contribution in [3.8, 4) is 0 Å². The molecule has 0 aromatic heterocycles. The fourth-order valence-corrected chi connectivity index (χ4v) is 26.5. The minimum Gasteiger partial charge on any atom is -0.541 e. The summed E-state index contributed by atoms with van der Waals surface area (Å²) in [6.07, 6.45) is -4.78. The number of aliphatic hydroxyl groups excluding tert-OH is 5. The zero-order valence-corrected chi connectivity index (χ0v) is 89.7. The summed E-state index contributed by atoms with van der Waals surface area (Å²) in [5.41, 5.74) is -4.00. The molecular formula is C79H115NO24PSi2U5-5. The molecule has 5 N–H and O–H groups in total. The van der Waals surface area contributed by atoms with Crippen LogP contribution in [0.25, 0.3) is 4.85 Å². The summed E-state index contributed by atoms with van der Waals surface area (Å²) in [7, 11) is 1.53. The third-order valence-electron chi connectivity index (χ3n) is 22.0. The van der Waals surface area contributed by atoms with Crippen molar-refractivity contribution in [1.82, 2.24) is 0 Å². The van der Waals surface area contributed by atoms with Gasteiger partial charge in [0, 0.05) is 198 Å². The molecule has 0 spiro atoms. The molecule has 4 aromatic rings. The summed E-state index contributed by atoms with van der Waals surface area (Å²) in [6.45, 7) is 36.8. The maximum atomic E-state index is 10.9. The number of hydrogen-bond donors (Lipinski definition) is 5. The second-order valence-corrected chi connectivity index (χ2v) is 40.0. The van der Waals surface area contributed by atoms with Crippen LogP contribution in [0.4, 0.5) is 0 Å². The zero-order chi connectivity index (χ0) is 76.4. The molecule has 4 aromatic carbocycles. The molecule has 21 atom stereocenters. The average molecular weight is 2740 g/mol. The molecule has 0 saturated carbocycles. The second-order valence-electron chi connectivity index (χ2n) is 30.0. The first kappa shape index (κ1) is 106. The Morgan fingerprint density at radius 1 is 0.438 bits per heavy atom. The van der Waals surface area contributed by atoms with Crippen LogP contribution < -0.4 is 20.7 Å². The van der Waals surface area contributed by atoms with E-state index in [4.69, 9.17) is 95.5 Å². The summed E-state index contributed by atoms with van der Waals surface area (Å²) < 4.78 is 109. The maximum Gasteiger partial charge on any atom is 0.261 e. The van der Waals surface area contributed by atoms with Gasteiger partial charge in [-0.15, -0.1) is 0 Å². The van der Waals surface area contributed by atoms with E-state index < -0.39 is 102 Å². The molecule has 14 rings (SSSR count). The smallest absolute Gasteiger partial charge is 0.261 e. The molecule has 33 heteroatoms. The van der Waals surface area contributed by atoms with Gasteiger partial charge < -0.3 is 119 Å². The van der Waals surface area contributed by atoms with E-state index in [0.717, 1.165) is 12.8 Å². The van der Waals surface area contributed by atoms with Crippen molar-refractivity contribution >= 4 is 45.8 Å². The molecule has 0 aliphatic carbocycles. The van der Waals surface area contributed by atoms with Gasteiger partial charge in [0.2, 0.25) is 6.54 Å². The van der Waals surface area contributed by atoms with Crippen molar-refractivity contribution in [3.05, 3.63) is 166 Å². The van der Waals surface area contributed by atoms with Gasteiger partial charge in [-0.1, -0.05) is 184 Å². The van der Waals surface area contributed by atoms with Gasteiger partial charge in [0.05, 0.1) is 94.6 Å². The summed E-state index contributed by atoms with van der Waals surface area (Å²) >= 11 is 0. The van der Waals surface area contributed by atoms with Crippen molar-refractivity contribution in [2.75, 3.05) is 108 Å². The van der Waals surface area contributed by atoms with E-state index in [1.54, 1.807) is 54.9 Å². The van der Waals surface area contributed by atoms with E-state index in [0.29, 0.717) is 46.2 Å². The molecular weight excluding hydrogens is 2620 g/mol. The van der Waals surface area contributed by atoms with Gasteiger partial charge in [0.25, 0.3) is 16.6 Å². The normalized spacial score (nSPS) is 33.3. The molecule has 10 bridgehead atoms. The quantitative estimate of drug-likeness (QED) is 0.0190. The zero-order valence-electron chi connectivity index (χ0n) is 66.0. The van der Waals surface area contributed by atoms with E-state index in [-0.39, 0.29) is 236 Å². The number of methoxy groups -OCH3 is 5. The molecule has 112 heavy (non-hydrogen) atoms. The fraction of sp³-hybridized carbons (Fsp3) is 0.620. The van der Waals surface area contributed by atoms with Gasteiger partial charge in [-0.05, 0) is 74.2 Å². The van der Waals surface area contributed by atoms with Gasteiger partial charge in [0.15, 0.2) is 8.38 Å². The third kappa shape index (κ3) is 21.4. The van der Waals surface area contributed by atoms with Crippen LogP contribution in [0, 0.1) is 195 Å².